The van der Waals surface area contributed by atoms with E-state index in [1.165, 1.54) is 233 Å². The maximum Gasteiger partial charge on any atom is 0.0725 e. The molecule has 6 aliphatic carbocycles. The highest BCUT2D eigenvalue weighted by Crippen LogP contribution is 2.64. The molecule has 0 aliphatic heterocycles. The third kappa shape index (κ3) is 9.06. The Hall–Kier alpha value is -13.4. The molecule has 0 atom stereocenters. The van der Waals surface area contributed by atoms with Gasteiger partial charge in [0.25, 0.3) is 0 Å². The number of nitrogens with zero attached hydrogens (tertiary/aromatic N) is 2. The first-order valence-corrected chi connectivity index (χ1v) is 41.0. The van der Waals surface area contributed by atoms with Crippen molar-refractivity contribution < 1.29 is 0 Å². The van der Waals surface area contributed by atoms with Crippen LogP contribution >= 0.6 is 0 Å². The summed E-state index contributed by atoms with van der Waals surface area (Å²) in [4.78, 5) is 0. The zero-order chi connectivity index (χ0) is 76.9. The molecule has 0 unspecified atom stereocenters. The van der Waals surface area contributed by atoms with E-state index in [0.717, 1.165) is 0 Å². The predicted octanol–water partition coefficient (Wildman–Crippen LogP) is 29.1. The monoisotopic (exact) mass is 1470 g/mol. The summed E-state index contributed by atoms with van der Waals surface area (Å²) in [6, 6.07) is 126. The van der Waals surface area contributed by atoms with Crippen molar-refractivity contribution in [1.29, 1.82) is 0 Å². The van der Waals surface area contributed by atoms with Crippen molar-refractivity contribution in [3.63, 3.8) is 0 Å². The molecule has 0 bridgehead atoms. The van der Waals surface area contributed by atoms with Gasteiger partial charge in [0.1, 0.15) is 0 Å². The molecule has 24 rings (SSSR count). The van der Waals surface area contributed by atoms with Gasteiger partial charge in [-0.2, -0.15) is 0 Å². The van der Waals surface area contributed by atoms with E-state index >= 15 is 0 Å². The summed E-state index contributed by atoms with van der Waals surface area (Å²) in [6.45, 7) is 19.1. The predicted molar refractivity (Wildman–Crippen MR) is 483 cm³/mol. The molecule has 544 valence electrons. The SMILES string of the molecule is CC1(C)c2cc(C=Cc3ccc4c(c3)C3(c5ccccc5-c5ccccc53)c3cc(C=Cc5ccc6c(c5)C(C)(C)c5cc(-c7ccc8c(c7)c7ccccc7n8-c7ccc8c(c7)C(C)(C)c7ccccc7-8)ccc5-6)ccc3-4)ccc2-c2ccc(-c3ccc4c(c3)c3ccccc3n4-c3ccc4c(c3)C(C)(C)c3ccccc3-4)cc21. The second-order valence-electron chi connectivity index (χ2n) is 35.5. The molecule has 6 aliphatic rings. The number of hydrogen-bond donors (Lipinski definition) is 0. The van der Waals surface area contributed by atoms with Crippen LogP contribution in [0, 0.1) is 0 Å². The highest BCUT2D eigenvalue weighted by atomic mass is 15.0. The fourth-order valence-electron chi connectivity index (χ4n) is 22.4. The first kappa shape index (κ1) is 66.2. The quantitative estimate of drug-likeness (QED) is 0.134. The lowest BCUT2D eigenvalue weighted by Gasteiger charge is -2.30. The van der Waals surface area contributed by atoms with Crippen LogP contribution in [0.1, 0.15) is 144 Å². The minimum atomic E-state index is -0.506. The van der Waals surface area contributed by atoms with Crippen molar-refractivity contribution in [3.8, 4) is 100 Å². The van der Waals surface area contributed by atoms with Gasteiger partial charge in [-0.3, -0.25) is 0 Å². The lowest BCUT2D eigenvalue weighted by molar-refractivity contribution is 0.660. The lowest BCUT2D eigenvalue weighted by Crippen LogP contribution is -2.26. The van der Waals surface area contributed by atoms with E-state index in [1.807, 2.05) is 0 Å². The molecule has 2 aromatic heterocycles. The molecule has 2 heterocycles. The van der Waals surface area contributed by atoms with Crippen LogP contribution in [-0.4, -0.2) is 9.13 Å². The number of hydrogen-bond acceptors (Lipinski definition) is 0. The van der Waals surface area contributed by atoms with Crippen LogP contribution < -0.4 is 0 Å². The van der Waals surface area contributed by atoms with Gasteiger partial charge in [-0.15, -0.1) is 0 Å². The van der Waals surface area contributed by atoms with E-state index in [-0.39, 0.29) is 21.7 Å². The molecule has 0 saturated carbocycles. The minimum absolute atomic E-state index is 0.0847. The molecule has 0 radical (unpaired) electrons. The molecule has 16 aromatic carbocycles. The Morgan fingerprint density at radius 1 is 0.183 bits per heavy atom. The first-order valence-electron chi connectivity index (χ1n) is 41.0. The lowest BCUT2D eigenvalue weighted by atomic mass is 9.70. The van der Waals surface area contributed by atoms with Crippen LogP contribution in [0.25, 0.3) is 168 Å². The van der Waals surface area contributed by atoms with Crippen LogP contribution in [0.2, 0.25) is 0 Å². The molecule has 0 fully saturated rings. The average Bonchev–Trinajstić information content (AvgIpc) is 1.51. The smallest absolute Gasteiger partial charge is 0.0725 e. The van der Waals surface area contributed by atoms with Crippen LogP contribution in [0.5, 0.6) is 0 Å². The van der Waals surface area contributed by atoms with E-state index < -0.39 is 5.41 Å². The average molecular weight is 1470 g/mol. The Bertz CT molecular complexity index is 7020. The van der Waals surface area contributed by atoms with E-state index in [1.54, 1.807) is 0 Å². The van der Waals surface area contributed by atoms with Gasteiger partial charge in [-0.05, 0) is 263 Å². The number of para-hydroxylation sites is 2. The molecule has 2 heteroatoms. The zero-order valence-corrected chi connectivity index (χ0v) is 65.9. The van der Waals surface area contributed by atoms with Crippen LogP contribution in [-0.2, 0) is 27.1 Å². The Labute approximate surface area is 672 Å². The Balaban J connectivity index is 0.518. The standard InChI is InChI=1S/C113H82N2/c1-109(2)93-27-15-9-21-77(93)85-53-45-75(65-101(85)109)114-105-31-19-13-25-89(105)91-61-71(43-55-107(91)114)73-41-51-83-81-47-37-67(57-97(81)111(5,6)99(83)63-73)33-35-69-39-49-87-88-50-40-70(60-104(88)113(103(87)59-69)95-29-17-11-23-79(95)80-24-12-18-30-96(80)113)36-34-68-38-48-82-84-52-42-74(64-100(84)112(7,8)98(82)58-68)72-44-56-108-92(62-72)90-26-14-20-32-106(90)115(108)76-46-54-86-78-22-10-16-28-94(78)110(3,4)102(86)66-76/h9-66H,1-8H3. The fourth-order valence-corrected chi connectivity index (χ4v) is 22.4. The summed E-state index contributed by atoms with van der Waals surface area (Å²) in [5, 5.41) is 5.06. The number of fused-ring (bicyclic) bond motifs is 28. The Morgan fingerprint density at radius 2 is 0.435 bits per heavy atom. The maximum absolute atomic E-state index is 2.50. The topological polar surface area (TPSA) is 9.86 Å². The van der Waals surface area contributed by atoms with Crippen molar-refractivity contribution in [2.75, 3.05) is 0 Å². The summed E-state index contributed by atoms with van der Waals surface area (Å²) < 4.78 is 4.95. The van der Waals surface area contributed by atoms with Crippen LogP contribution in [0.3, 0.4) is 0 Å². The second-order valence-corrected chi connectivity index (χ2v) is 35.5. The third-order valence-electron chi connectivity index (χ3n) is 28.1. The van der Waals surface area contributed by atoms with Gasteiger partial charge in [-0.25, -0.2) is 0 Å². The Kier molecular flexibility index (Phi) is 13.5. The number of benzene rings is 16. The normalized spacial score (nSPS) is 15.6. The van der Waals surface area contributed by atoms with Gasteiger partial charge >= 0.3 is 0 Å². The molecule has 2 nitrogen and oxygen atoms in total. The molecular formula is C113H82N2. The van der Waals surface area contributed by atoms with Crippen LogP contribution in [0.15, 0.2) is 328 Å². The summed E-state index contributed by atoms with van der Waals surface area (Å²) in [5.74, 6) is 0. The van der Waals surface area contributed by atoms with E-state index in [0.29, 0.717) is 0 Å². The van der Waals surface area contributed by atoms with E-state index in [9.17, 15) is 0 Å². The highest BCUT2D eigenvalue weighted by Gasteiger charge is 2.52. The van der Waals surface area contributed by atoms with Gasteiger partial charge in [0.15, 0.2) is 0 Å². The molecule has 0 amide bonds. The van der Waals surface area contributed by atoms with Crippen molar-refractivity contribution in [1.82, 2.24) is 9.13 Å². The molecule has 1 spiro atoms. The molecular weight excluding hydrogens is 1390 g/mol. The van der Waals surface area contributed by atoms with Crippen LogP contribution in [0.4, 0.5) is 0 Å². The van der Waals surface area contributed by atoms with Gasteiger partial charge in [0, 0.05) is 54.6 Å². The highest BCUT2D eigenvalue weighted by molar-refractivity contribution is 6.12. The number of aromatic nitrogens is 2. The summed E-state index contributed by atoms with van der Waals surface area (Å²) >= 11 is 0. The van der Waals surface area contributed by atoms with Crippen molar-refractivity contribution in [3.05, 3.63) is 417 Å². The zero-order valence-electron chi connectivity index (χ0n) is 65.9. The van der Waals surface area contributed by atoms with Gasteiger partial charge < -0.3 is 9.13 Å². The van der Waals surface area contributed by atoms with E-state index in [4.69, 9.17) is 0 Å². The molecule has 18 aromatic rings. The minimum Gasteiger partial charge on any atom is -0.309 e. The Morgan fingerprint density at radius 3 is 0.826 bits per heavy atom. The fraction of sp³-hybridized carbons (Fsp3) is 0.115. The molecule has 0 N–H and O–H groups in total. The summed E-state index contributed by atoms with van der Waals surface area (Å²) in [7, 11) is 0. The van der Waals surface area contributed by atoms with Gasteiger partial charge in [0.2, 0.25) is 0 Å². The van der Waals surface area contributed by atoms with Crippen molar-refractivity contribution >= 4 is 67.9 Å². The maximum atomic E-state index is 2.50. The molecule has 115 heavy (non-hydrogen) atoms. The third-order valence-corrected chi connectivity index (χ3v) is 28.1. The summed E-state index contributed by atoms with van der Waals surface area (Å²) in [5.41, 5.74) is 48.1. The first-order chi connectivity index (χ1) is 56.0. The second kappa shape index (κ2) is 23.4. The van der Waals surface area contributed by atoms with Crippen molar-refractivity contribution in [2.45, 2.75) is 82.5 Å². The van der Waals surface area contributed by atoms with Crippen molar-refractivity contribution in [2.24, 2.45) is 0 Å². The largest absolute Gasteiger partial charge is 0.309 e. The number of rotatable bonds is 8. The van der Waals surface area contributed by atoms with Gasteiger partial charge in [0.05, 0.1) is 27.5 Å². The molecule has 0 saturated heterocycles. The van der Waals surface area contributed by atoms with E-state index in [2.05, 4.69) is 416 Å². The summed E-state index contributed by atoms with van der Waals surface area (Å²) in [6.07, 6.45) is 9.36. The van der Waals surface area contributed by atoms with Gasteiger partial charge in [-0.1, -0.05) is 322 Å².